The quantitative estimate of drug-likeness (QED) is 0.116. The molecule has 0 aromatic carbocycles. The zero-order chi connectivity index (χ0) is 26.2. The van der Waals surface area contributed by atoms with Crippen molar-refractivity contribution in [2.45, 2.75) is 109 Å². The molecule has 0 bridgehead atoms. The van der Waals surface area contributed by atoms with Crippen LogP contribution < -0.4 is 0 Å². The molecule has 1 rings (SSSR count). The predicted molar refractivity (Wildman–Crippen MR) is 122 cm³/mol. The lowest BCUT2D eigenvalue weighted by molar-refractivity contribution is -0.174. The Hall–Kier alpha value is -2.82. The second-order valence-electron chi connectivity index (χ2n) is 8.62. The Kier molecular flexibility index (Phi) is 14.5. The molecule has 0 unspecified atom stereocenters. The second kappa shape index (κ2) is 16.7. The summed E-state index contributed by atoms with van der Waals surface area (Å²) in [6.45, 7) is 1.39. The fourth-order valence-corrected chi connectivity index (χ4v) is 3.56. The SMILES string of the molecule is CCCCCCCCCCCCCC(=O)O[C@@H](CC(=O)O)C(=O)OC[C@H](O)[C@H]1OC(=O)C(O)=C1O. The number of ether oxygens (including phenoxy) is 3. The molecule has 0 radical (unpaired) electrons. The number of esters is 3. The van der Waals surface area contributed by atoms with E-state index in [9.17, 15) is 34.5 Å². The molecule has 0 saturated heterocycles. The fraction of sp³-hybridized carbons (Fsp3) is 0.750. The van der Waals surface area contributed by atoms with Crippen LogP contribution in [0.5, 0.6) is 0 Å². The Morgan fingerprint density at radius 2 is 1.49 bits per heavy atom. The summed E-state index contributed by atoms with van der Waals surface area (Å²) in [4.78, 5) is 46.5. The van der Waals surface area contributed by atoms with Gasteiger partial charge in [0.2, 0.25) is 11.9 Å². The van der Waals surface area contributed by atoms with Crippen molar-refractivity contribution >= 4 is 23.9 Å². The van der Waals surface area contributed by atoms with E-state index in [1.165, 1.54) is 38.5 Å². The first-order valence-electron chi connectivity index (χ1n) is 12.3. The number of hydrogen-bond acceptors (Lipinski definition) is 10. The van der Waals surface area contributed by atoms with E-state index in [1.54, 1.807) is 0 Å². The van der Waals surface area contributed by atoms with E-state index >= 15 is 0 Å². The minimum atomic E-state index is -1.73. The van der Waals surface area contributed by atoms with Gasteiger partial charge in [0, 0.05) is 6.42 Å². The van der Waals surface area contributed by atoms with Crippen LogP contribution in [0, 0.1) is 0 Å². The van der Waals surface area contributed by atoms with Crippen molar-refractivity contribution in [2.24, 2.45) is 0 Å². The number of carbonyl (C=O) groups is 4. The number of carboxylic acids is 1. The van der Waals surface area contributed by atoms with Gasteiger partial charge in [0.25, 0.3) is 0 Å². The van der Waals surface area contributed by atoms with Crippen LogP contribution in [0.2, 0.25) is 0 Å². The zero-order valence-corrected chi connectivity index (χ0v) is 20.3. The Morgan fingerprint density at radius 1 is 0.943 bits per heavy atom. The fourth-order valence-electron chi connectivity index (χ4n) is 3.56. The van der Waals surface area contributed by atoms with Gasteiger partial charge in [-0.2, -0.15) is 0 Å². The Labute approximate surface area is 205 Å². The minimum Gasteiger partial charge on any atom is -0.505 e. The molecule has 0 fully saturated rings. The van der Waals surface area contributed by atoms with E-state index in [0.29, 0.717) is 6.42 Å². The number of carboxylic acid groups (broad SMARTS) is 1. The molecule has 1 aliphatic rings. The molecule has 0 aliphatic carbocycles. The lowest BCUT2D eigenvalue weighted by Gasteiger charge is -2.19. The normalized spacial score (nSPS) is 17.1. The van der Waals surface area contributed by atoms with Gasteiger partial charge in [0.1, 0.15) is 12.7 Å². The number of aliphatic hydroxyl groups excluding tert-OH is 3. The van der Waals surface area contributed by atoms with Gasteiger partial charge in [-0.3, -0.25) is 9.59 Å². The number of aliphatic hydroxyl groups is 3. The lowest BCUT2D eigenvalue weighted by atomic mass is 10.1. The van der Waals surface area contributed by atoms with Crippen molar-refractivity contribution in [3.8, 4) is 0 Å². The van der Waals surface area contributed by atoms with Gasteiger partial charge in [-0.25, -0.2) is 9.59 Å². The van der Waals surface area contributed by atoms with Crippen molar-refractivity contribution in [1.29, 1.82) is 0 Å². The number of hydrogen-bond donors (Lipinski definition) is 4. The van der Waals surface area contributed by atoms with Gasteiger partial charge < -0.3 is 34.6 Å². The summed E-state index contributed by atoms with van der Waals surface area (Å²) in [5, 5.41) is 37.7. The molecule has 0 saturated carbocycles. The van der Waals surface area contributed by atoms with Crippen molar-refractivity contribution in [1.82, 2.24) is 0 Å². The molecule has 3 atom stereocenters. The molecular weight excluding hydrogens is 464 g/mol. The first-order chi connectivity index (χ1) is 16.7. The lowest BCUT2D eigenvalue weighted by Crippen LogP contribution is -2.37. The molecule has 35 heavy (non-hydrogen) atoms. The van der Waals surface area contributed by atoms with Crippen LogP contribution in [0.3, 0.4) is 0 Å². The highest BCUT2D eigenvalue weighted by Gasteiger charge is 2.40. The summed E-state index contributed by atoms with van der Waals surface area (Å²) in [7, 11) is 0. The standard InChI is InChI=1S/C24H38O11/c1-2-3-4-5-6-7-8-9-10-11-12-13-19(28)34-17(14-18(26)27)23(31)33-15-16(25)22-20(29)21(30)24(32)35-22/h16-17,22,25,29-30H,2-15H2,1H3,(H,26,27)/t16-,17-,22+/m0/s1. The monoisotopic (exact) mass is 502 g/mol. The van der Waals surface area contributed by atoms with E-state index in [0.717, 1.165) is 25.7 Å². The summed E-state index contributed by atoms with van der Waals surface area (Å²) in [6, 6.07) is 0. The third-order valence-electron chi connectivity index (χ3n) is 5.57. The van der Waals surface area contributed by atoms with Crippen LogP contribution in [0.15, 0.2) is 11.5 Å². The van der Waals surface area contributed by atoms with Crippen LogP contribution in [-0.4, -0.2) is 69.2 Å². The van der Waals surface area contributed by atoms with Gasteiger partial charge in [0.15, 0.2) is 11.9 Å². The molecule has 11 nitrogen and oxygen atoms in total. The Balaban J connectivity index is 2.31. The maximum absolute atomic E-state index is 12.2. The average Bonchev–Trinajstić information content (AvgIpc) is 3.07. The topological polar surface area (TPSA) is 177 Å². The highest BCUT2D eigenvalue weighted by Crippen LogP contribution is 2.22. The van der Waals surface area contributed by atoms with Crippen molar-refractivity contribution < 1.29 is 53.8 Å². The summed E-state index contributed by atoms with van der Waals surface area (Å²) >= 11 is 0. The number of unbranched alkanes of at least 4 members (excludes halogenated alkanes) is 10. The van der Waals surface area contributed by atoms with E-state index in [1.807, 2.05) is 0 Å². The minimum absolute atomic E-state index is 0.0268. The molecule has 0 spiro atoms. The number of aliphatic carboxylic acids is 1. The van der Waals surface area contributed by atoms with Crippen LogP contribution in [0.25, 0.3) is 0 Å². The van der Waals surface area contributed by atoms with E-state index in [4.69, 9.17) is 14.6 Å². The summed E-state index contributed by atoms with van der Waals surface area (Å²) in [6.07, 6.45) is 6.21. The number of cyclic esters (lactones) is 1. The molecule has 4 N–H and O–H groups in total. The van der Waals surface area contributed by atoms with E-state index in [2.05, 4.69) is 11.7 Å². The molecule has 11 heteroatoms. The average molecular weight is 503 g/mol. The third kappa shape index (κ3) is 11.9. The Bertz CT molecular complexity index is 731. The third-order valence-corrected chi connectivity index (χ3v) is 5.57. The summed E-state index contributed by atoms with van der Waals surface area (Å²) in [5.74, 6) is -6.58. The van der Waals surface area contributed by atoms with Gasteiger partial charge in [0.05, 0.1) is 6.42 Å². The number of carbonyl (C=O) groups excluding carboxylic acids is 3. The molecule has 0 aromatic rings. The van der Waals surface area contributed by atoms with Crippen molar-refractivity contribution in [3.63, 3.8) is 0 Å². The molecular formula is C24H38O11. The highest BCUT2D eigenvalue weighted by atomic mass is 16.6. The smallest absolute Gasteiger partial charge is 0.377 e. The maximum Gasteiger partial charge on any atom is 0.377 e. The summed E-state index contributed by atoms with van der Waals surface area (Å²) < 4.78 is 14.3. The molecule has 1 heterocycles. The predicted octanol–water partition coefficient (Wildman–Crippen LogP) is 3.23. The number of rotatable bonds is 19. The van der Waals surface area contributed by atoms with Crippen LogP contribution >= 0.6 is 0 Å². The summed E-state index contributed by atoms with van der Waals surface area (Å²) in [5.41, 5.74) is 0. The maximum atomic E-state index is 12.2. The molecule has 0 aromatic heterocycles. The second-order valence-corrected chi connectivity index (χ2v) is 8.62. The van der Waals surface area contributed by atoms with Gasteiger partial charge in [-0.15, -0.1) is 0 Å². The van der Waals surface area contributed by atoms with E-state index in [-0.39, 0.29) is 6.42 Å². The van der Waals surface area contributed by atoms with Crippen LogP contribution in [0.4, 0.5) is 0 Å². The van der Waals surface area contributed by atoms with Crippen LogP contribution in [-0.2, 0) is 33.4 Å². The van der Waals surface area contributed by atoms with Gasteiger partial charge in [-0.1, -0.05) is 71.1 Å². The van der Waals surface area contributed by atoms with Crippen molar-refractivity contribution in [2.75, 3.05) is 6.61 Å². The zero-order valence-electron chi connectivity index (χ0n) is 20.3. The van der Waals surface area contributed by atoms with Gasteiger partial charge >= 0.3 is 23.9 Å². The van der Waals surface area contributed by atoms with Crippen molar-refractivity contribution in [3.05, 3.63) is 11.5 Å². The first-order valence-corrected chi connectivity index (χ1v) is 12.3. The molecule has 0 amide bonds. The van der Waals surface area contributed by atoms with Crippen LogP contribution in [0.1, 0.15) is 90.4 Å². The largest absolute Gasteiger partial charge is 0.505 e. The molecule has 200 valence electrons. The van der Waals surface area contributed by atoms with Gasteiger partial charge in [-0.05, 0) is 6.42 Å². The highest BCUT2D eigenvalue weighted by molar-refractivity contribution is 5.89. The Morgan fingerprint density at radius 3 is 1.97 bits per heavy atom. The first kappa shape index (κ1) is 30.2. The van der Waals surface area contributed by atoms with E-state index < -0.39 is 66.7 Å². The molecule has 1 aliphatic heterocycles.